The predicted molar refractivity (Wildman–Crippen MR) is 80.2 cm³/mol. The number of carbonyl (C=O) groups excluding carboxylic acids is 1. The Morgan fingerprint density at radius 3 is 2.62 bits per heavy atom. The zero-order valence-corrected chi connectivity index (χ0v) is 12.6. The molecule has 0 radical (unpaired) electrons. The van der Waals surface area contributed by atoms with Crippen LogP contribution in [0.15, 0.2) is 40.9 Å². The van der Waals surface area contributed by atoms with Gasteiger partial charge in [-0.05, 0) is 46.3 Å². The van der Waals surface area contributed by atoms with Gasteiger partial charge in [0, 0.05) is 15.6 Å². The summed E-state index contributed by atoms with van der Waals surface area (Å²) in [7, 11) is 0. The van der Waals surface area contributed by atoms with Crippen LogP contribution in [0.1, 0.15) is 10.4 Å². The van der Waals surface area contributed by atoms with Gasteiger partial charge in [-0.25, -0.2) is 4.39 Å². The molecule has 0 atom stereocenters. The van der Waals surface area contributed by atoms with Gasteiger partial charge in [0.2, 0.25) is 0 Å². The third kappa shape index (κ3) is 3.56. The molecule has 0 saturated heterocycles. The Hall–Kier alpha value is -1.99. The van der Waals surface area contributed by atoms with E-state index < -0.39 is 16.6 Å². The van der Waals surface area contributed by atoms with Crippen LogP contribution in [-0.4, -0.2) is 10.8 Å². The number of carbonyl (C=O) groups is 1. The summed E-state index contributed by atoms with van der Waals surface area (Å²) in [5.41, 5.74) is -0.255. The third-order valence-electron chi connectivity index (χ3n) is 2.58. The quantitative estimate of drug-likeness (QED) is 0.640. The highest BCUT2D eigenvalue weighted by Gasteiger charge is 2.21. The smallest absolute Gasteiger partial charge is 0.282 e. The fourth-order valence-electron chi connectivity index (χ4n) is 1.63. The highest BCUT2D eigenvalue weighted by Crippen LogP contribution is 2.27. The van der Waals surface area contributed by atoms with Crippen LogP contribution in [0.5, 0.6) is 0 Å². The number of hydrogen-bond acceptors (Lipinski definition) is 3. The van der Waals surface area contributed by atoms with Crippen molar-refractivity contribution < 1.29 is 14.1 Å². The van der Waals surface area contributed by atoms with Crippen molar-refractivity contribution in [2.75, 3.05) is 5.32 Å². The maximum Gasteiger partial charge on any atom is 0.282 e. The minimum absolute atomic E-state index is 0.177. The lowest BCUT2D eigenvalue weighted by Crippen LogP contribution is -2.14. The number of nitrogens with one attached hydrogen (secondary N) is 1. The highest BCUT2D eigenvalue weighted by atomic mass is 79.9. The Bertz CT molecular complexity index is 739. The van der Waals surface area contributed by atoms with Crippen LogP contribution in [0.25, 0.3) is 0 Å². The van der Waals surface area contributed by atoms with Crippen molar-refractivity contribution >= 4 is 44.8 Å². The maximum absolute atomic E-state index is 13.0. The molecule has 0 fully saturated rings. The zero-order valence-electron chi connectivity index (χ0n) is 10.3. The zero-order chi connectivity index (χ0) is 15.6. The van der Waals surface area contributed by atoms with Crippen LogP contribution in [0.4, 0.5) is 15.8 Å². The molecule has 0 heterocycles. The molecule has 0 saturated carbocycles. The molecule has 1 amide bonds. The number of halogens is 3. The molecule has 0 unspecified atom stereocenters. The average Bonchev–Trinajstić information content (AvgIpc) is 2.41. The van der Waals surface area contributed by atoms with Crippen LogP contribution < -0.4 is 5.32 Å². The molecular formula is C13H7BrClFN2O3. The van der Waals surface area contributed by atoms with Gasteiger partial charge in [0.15, 0.2) is 0 Å². The van der Waals surface area contributed by atoms with Gasteiger partial charge in [0.25, 0.3) is 11.6 Å². The molecule has 2 aromatic rings. The molecule has 5 nitrogen and oxygen atoms in total. The Morgan fingerprint density at radius 2 is 2.00 bits per heavy atom. The fraction of sp³-hybridized carbons (Fsp3) is 0. The molecule has 1 N–H and O–H groups in total. The summed E-state index contributed by atoms with van der Waals surface area (Å²) in [5, 5.41) is 13.6. The van der Waals surface area contributed by atoms with Crippen LogP contribution in [0, 0.1) is 15.9 Å². The molecule has 0 aliphatic rings. The molecule has 0 aliphatic carbocycles. The number of hydrogen-bond donors (Lipinski definition) is 1. The van der Waals surface area contributed by atoms with Gasteiger partial charge in [0.05, 0.1) is 10.6 Å². The van der Waals surface area contributed by atoms with Crippen molar-refractivity contribution in [3.05, 3.63) is 67.4 Å². The lowest BCUT2D eigenvalue weighted by molar-refractivity contribution is -0.385. The van der Waals surface area contributed by atoms with Gasteiger partial charge < -0.3 is 5.32 Å². The minimum Gasteiger partial charge on any atom is -0.321 e. The van der Waals surface area contributed by atoms with Gasteiger partial charge in [-0.15, -0.1) is 0 Å². The van der Waals surface area contributed by atoms with Crippen molar-refractivity contribution in [1.82, 2.24) is 0 Å². The molecule has 0 aliphatic heterocycles. The second-order valence-corrected chi connectivity index (χ2v) is 5.29. The first kappa shape index (κ1) is 15.4. The van der Waals surface area contributed by atoms with E-state index >= 15 is 0 Å². The number of nitrogens with zero attached hydrogens (tertiary/aromatic N) is 1. The van der Waals surface area contributed by atoms with E-state index in [2.05, 4.69) is 21.2 Å². The van der Waals surface area contributed by atoms with E-state index in [0.717, 1.165) is 12.1 Å². The molecule has 108 valence electrons. The maximum atomic E-state index is 13.0. The number of nitro benzene ring substituents is 1. The van der Waals surface area contributed by atoms with Crippen molar-refractivity contribution in [3.63, 3.8) is 0 Å². The van der Waals surface area contributed by atoms with Crippen LogP contribution >= 0.6 is 27.5 Å². The molecule has 2 aromatic carbocycles. The number of nitro groups is 1. The van der Waals surface area contributed by atoms with E-state index in [0.29, 0.717) is 4.47 Å². The topological polar surface area (TPSA) is 72.2 Å². The normalized spacial score (nSPS) is 10.2. The van der Waals surface area contributed by atoms with E-state index in [1.807, 2.05) is 0 Å². The number of benzene rings is 2. The van der Waals surface area contributed by atoms with E-state index in [4.69, 9.17) is 11.6 Å². The second-order valence-electron chi connectivity index (χ2n) is 4.00. The average molecular weight is 374 g/mol. The summed E-state index contributed by atoms with van der Waals surface area (Å²) in [6.45, 7) is 0. The van der Waals surface area contributed by atoms with E-state index in [1.54, 1.807) is 0 Å². The summed E-state index contributed by atoms with van der Waals surface area (Å²) in [6, 6.07) is 7.34. The first-order valence-corrected chi connectivity index (χ1v) is 6.76. The third-order valence-corrected chi connectivity index (χ3v) is 3.47. The van der Waals surface area contributed by atoms with Crippen LogP contribution in [-0.2, 0) is 0 Å². The fourth-order valence-corrected chi connectivity index (χ4v) is 2.25. The van der Waals surface area contributed by atoms with Crippen molar-refractivity contribution in [2.24, 2.45) is 0 Å². The van der Waals surface area contributed by atoms with Crippen LogP contribution in [0.2, 0.25) is 5.02 Å². The number of rotatable bonds is 3. The van der Waals surface area contributed by atoms with Crippen molar-refractivity contribution in [3.8, 4) is 0 Å². The monoisotopic (exact) mass is 372 g/mol. The molecule has 0 bridgehead atoms. The predicted octanol–water partition coefficient (Wildman–Crippen LogP) is 4.40. The molecule has 8 heteroatoms. The van der Waals surface area contributed by atoms with Crippen molar-refractivity contribution in [1.29, 1.82) is 0 Å². The molecular weight excluding hydrogens is 367 g/mol. The molecule has 2 rings (SSSR count). The first-order valence-electron chi connectivity index (χ1n) is 5.59. The first-order chi connectivity index (χ1) is 9.88. The van der Waals surface area contributed by atoms with Crippen LogP contribution in [0.3, 0.4) is 0 Å². The lowest BCUT2D eigenvalue weighted by atomic mass is 10.1. The van der Waals surface area contributed by atoms with Gasteiger partial charge in [0.1, 0.15) is 11.4 Å². The highest BCUT2D eigenvalue weighted by molar-refractivity contribution is 9.10. The second kappa shape index (κ2) is 6.19. The van der Waals surface area contributed by atoms with Crippen molar-refractivity contribution in [2.45, 2.75) is 0 Å². The summed E-state index contributed by atoms with van der Waals surface area (Å²) < 4.78 is 13.3. The Morgan fingerprint density at radius 1 is 1.29 bits per heavy atom. The number of anilines is 1. The van der Waals surface area contributed by atoms with Gasteiger partial charge in [-0.3, -0.25) is 14.9 Å². The SMILES string of the molecule is O=C(Nc1ccc(F)cc1Br)c1cc(Cl)ccc1[N+](=O)[O-]. The summed E-state index contributed by atoms with van der Waals surface area (Å²) in [5.74, 6) is -1.19. The molecule has 21 heavy (non-hydrogen) atoms. The number of amides is 1. The summed E-state index contributed by atoms with van der Waals surface area (Å²) in [4.78, 5) is 22.4. The Balaban J connectivity index is 2.36. The summed E-state index contributed by atoms with van der Waals surface area (Å²) in [6.07, 6.45) is 0. The van der Waals surface area contributed by atoms with E-state index in [1.165, 1.54) is 24.3 Å². The molecule has 0 aromatic heterocycles. The standard InChI is InChI=1S/C13H7BrClFN2O3/c14-10-6-8(16)2-3-11(10)17-13(19)9-5-7(15)1-4-12(9)18(20)21/h1-6H,(H,17,19). The van der Waals surface area contributed by atoms with Gasteiger partial charge >= 0.3 is 0 Å². The Labute approximate surface area is 132 Å². The minimum atomic E-state index is -0.712. The van der Waals surface area contributed by atoms with Gasteiger partial charge in [-0.1, -0.05) is 11.6 Å². The summed E-state index contributed by atoms with van der Waals surface area (Å²) >= 11 is 8.85. The Kier molecular flexibility index (Phi) is 4.54. The largest absolute Gasteiger partial charge is 0.321 e. The molecule has 0 spiro atoms. The lowest BCUT2D eigenvalue weighted by Gasteiger charge is -2.08. The van der Waals surface area contributed by atoms with Gasteiger partial charge in [-0.2, -0.15) is 0 Å². The van der Waals surface area contributed by atoms with E-state index in [-0.39, 0.29) is 22.0 Å². The van der Waals surface area contributed by atoms with E-state index in [9.17, 15) is 19.3 Å².